The highest BCUT2D eigenvalue weighted by molar-refractivity contribution is 9.10. The van der Waals surface area contributed by atoms with Crippen molar-refractivity contribution < 1.29 is 4.79 Å². The van der Waals surface area contributed by atoms with Gasteiger partial charge in [-0.3, -0.25) is 4.79 Å². The van der Waals surface area contributed by atoms with E-state index in [-0.39, 0.29) is 0 Å². The molecule has 63 valence electrons. The molecule has 0 fully saturated rings. The minimum absolute atomic E-state index is 0.303. The monoisotopic (exact) mass is 243 g/mol. The zero-order valence-corrected chi connectivity index (χ0v) is 9.08. The van der Waals surface area contributed by atoms with Crippen LogP contribution in [0.2, 0.25) is 0 Å². The lowest BCUT2D eigenvalue weighted by atomic mass is 10.1. The Kier molecular flexibility index (Phi) is 3.35. The van der Waals surface area contributed by atoms with Crippen LogP contribution in [0.3, 0.4) is 0 Å². The van der Waals surface area contributed by atoms with E-state index >= 15 is 0 Å². The maximum absolute atomic E-state index is 10.1. The lowest BCUT2D eigenvalue weighted by Gasteiger charge is -2.05. The van der Waals surface area contributed by atoms with Gasteiger partial charge in [-0.1, -0.05) is 12.1 Å². The van der Waals surface area contributed by atoms with Crippen molar-refractivity contribution in [3.8, 4) is 0 Å². The molecule has 0 atom stereocenters. The highest BCUT2D eigenvalue weighted by Gasteiger charge is 2.04. The van der Waals surface area contributed by atoms with Crippen molar-refractivity contribution in [1.82, 2.24) is 0 Å². The molecular formula is C9H8BrOS. The van der Waals surface area contributed by atoms with Gasteiger partial charge in [-0.05, 0) is 34.0 Å². The maximum atomic E-state index is 10.1. The second-order valence-corrected chi connectivity index (χ2v) is 3.77. The first kappa shape index (κ1) is 9.81. The Morgan fingerprint density at radius 1 is 1.58 bits per heavy atom. The molecule has 1 rings (SSSR count). The number of rotatable bonds is 2. The van der Waals surface area contributed by atoms with Crippen molar-refractivity contribution in [2.75, 3.05) is 0 Å². The average molecular weight is 244 g/mol. The van der Waals surface area contributed by atoms with Gasteiger partial charge < -0.3 is 0 Å². The van der Waals surface area contributed by atoms with Gasteiger partial charge in [-0.2, -0.15) is 0 Å². The van der Waals surface area contributed by atoms with Gasteiger partial charge in [0.25, 0.3) is 0 Å². The molecule has 0 bridgehead atoms. The van der Waals surface area contributed by atoms with Crippen LogP contribution in [0.25, 0.3) is 0 Å². The Labute approximate surface area is 85.7 Å². The molecule has 3 heteroatoms. The number of halogens is 1. The van der Waals surface area contributed by atoms with Crippen LogP contribution in [-0.4, -0.2) is 6.29 Å². The molecule has 0 amide bonds. The second-order valence-electron chi connectivity index (χ2n) is 2.53. The summed E-state index contributed by atoms with van der Waals surface area (Å²) in [7, 11) is 0. The lowest BCUT2D eigenvalue weighted by Crippen LogP contribution is -1.90. The summed E-state index contributed by atoms with van der Waals surface area (Å²) in [5.41, 5.74) is 2.03. The van der Waals surface area contributed by atoms with E-state index in [0.29, 0.717) is 6.42 Å². The largest absolute Gasteiger partial charge is 0.291 e. The molecule has 1 aromatic rings. The van der Waals surface area contributed by atoms with Crippen molar-refractivity contribution in [3.05, 3.63) is 27.7 Å². The number of benzene rings is 1. The Hall–Kier alpha value is -0.280. The molecule has 12 heavy (non-hydrogen) atoms. The molecule has 0 N–H and O–H groups in total. The van der Waals surface area contributed by atoms with Gasteiger partial charge in [0.1, 0.15) is 0 Å². The minimum Gasteiger partial charge on any atom is -0.291 e. The van der Waals surface area contributed by atoms with E-state index in [1.165, 1.54) is 0 Å². The lowest BCUT2D eigenvalue weighted by molar-refractivity contribution is 0.555. The molecule has 0 aliphatic heterocycles. The molecule has 0 aliphatic rings. The van der Waals surface area contributed by atoms with Crippen LogP contribution in [0.4, 0.5) is 0 Å². The summed E-state index contributed by atoms with van der Waals surface area (Å²) >= 11 is 7.68. The van der Waals surface area contributed by atoms with E-state index in [1.807, 2.05) is 25.3 Å². The third-order valence-corrected chi connectivity index (χ3v) is 3.49. The summed E-state index contributed by atoms with van der Waals surface area (Å²) in [5, 5.41) is 0. The summed E-state index contributed by atoms with van der Waals surface area (Å²) < 4.78 is 0.957. The van der Waals surface area contributed by atoms with E-state index in [0.717, 1.165) is 20.5 Å². The minimum atomic E-state index is 0.303. The fourth-order valence-electron chi connectivity index (χ4n) is 0.926. The standard InChI is InChI=1S/C9H8BrOS/c1-6-2-3-7(4-5-11)9(12)8(6)10/h2-3,12H,4H2,1H3. The molecule has 0 spiro atoms. The number of aryl methyl sites for hydroxylation is 1. The first-order chi connectivity index (χ1) is 5.66. The molecular weight excluding hydrogens is 236 g/mol. The van der Waals surface area contributed by atoms with Crippen LogP contribution in [0.1, 0.15) is 11.1 Å². The van der Waals surface area contributed by atoms with Crippen molar-refractivity contribution in [1.29, 1.82) is 0 Å². The van der Waals surface area contributed by atoms with E-state index < -0.39 is 0 Å². The fourth-order valence-corrected chi connectivity index (χ4v) is 1.64. The molecule has 0 aliphatic carbocycles. The molecule has 1 aromatic carbocycles. The van der Waals surface area contributed by atoms with Crippen molar-refractivity contribution in [2.45, 2.75) is 18.2 Å². The number of carbonyl (C=O) groups excluding carboxylic acids is 1. The Bertz CT molecular complexity index is 310. The van der Waals surface area contributed by atoms with Gasteiger partial charge in [0.15, 0.2) is 0 Å². The van der Waals surface area contributed by atoms with Gasteiger partial charge in [0.2, 0.25) is 6.29 Å². The smallest absolute Gasteiger partial charge is 0.203 e. The molecule has 0 unspecified atom stereocenters. The summed E-state index contributed by atoms with van der Waals surface area (Å²) in [6, 6.07) is 3.85. The van der Waals surface area contributed by atoms with Crippen LogP contribution in [0.5, 0.6) is 0 Å². The first-order valence-electron chi connectivity index (χ1n) is 3.48. The van der Waals surface area contributed by atoms with Gasteiger partial charge in [0.05, 0.1) is 0 Å². The number of hydrogen-bond acceptors (Lipinski definition) is 2. The molecule has 1 nitrogen and oxygen atoms in total. The third-order valence-electron chi connectivity index (χ3n) is 1.66. The predicted octanol–water partition coefficient (Wildman–Crippen LogP) is 2.70. The highest BCUT2D eigenvalue weighted by Crippen LogP contribution is 2.27. The normalized spacial score (nSPS) is 9.92. The van der Waals surface area contributed by atoms with Gasteiger partial charge in [-0.15, -0.1) is 12.6 Å². The van der Waals surface area contributed by atoms with Crippen LogP contribution in [0.15, 0.2) is 21.5 Å². The van der Waals surface area contributed by atoms with Gasteiger partial charge in [-0.25, -0.2) is 0 Å². The van der Waals surface area contributed by atoms with E-state index in [9.17, 15) is 4.79 Å². The highest BCUT2D eigenvalue weighted by atomic mass is 79.9. The molecule has 0 saturated carbocycles. The zero-order valence-electron chi connectivity index (χ0n) is 6.60. The Morgan fingerprint density at radius 2 is 2.25 bits per heavy atom. The van der Waals surface area contributed by atoms with Gasteiger partial charge >= 0.3 is 0 Å². The molecule has 0 heterocycles. The predicted molar refractivity (Wildman–Crippen MR) is 55.5 cm³/mol. The third kappa shape index (κ3) is 1.90. The molecule has 0 saturated heterocycles. The average Bonchev–Trinajstić information content (AvgIpc) is 2.07. The topological polar surface area (TPSA) is 17.1 Å². The Morgan fingerprint density at radius 3 is 2.83 bits per heavy atom. The van der Waals surface area contributed by atoms with E-state index in [4.69, 9.17) is 0 Å². The molecule has 1 radical (unpaired) electrons. The van der Waals surface area contributed by atoms with Crippen LogP contribution in [0, 0.1) is 6.92 Å². The summed E-state index contributed by atoms with van der Waals surface area (Å²) in [4.78, 5) is 11.0. The quantitative estimate of drug-likeness (QED) is 0.791. The second kappa shape index (κ2) is 4.10. The summed E-state index contributed by atoms with van der Waals surface area (Å²) in [6.07, 6.45) is 2.16. The van der Waals surface area contributed by atoms with Gasteiger partial charge in [0, 0.05) is 15.8 Å². The SMILES string of the molecule is Cc1ccc(C[C]=O)c(S)c1Br. The molecule has 0 aromatic heterocycles. The maximum Gasteiger partial charge on any atom is 0.203 e. The number of thiol groups is 1. The fraction of sp³-hybridized carbons (Fsp3) is 0.222. The first-order valence-corrected chi connectivity index (χ1v) is 4.72. The van der Waals surface area contributed by atoms with E-state index in [2.05, 4.69) is 28.6 Å². The number of hydrogen-bond donors (Lipinski definition) is 1. The van der Waals surface area contributed by atoms with Crippen LogP contribution < -0.4 is 0 Å². The van der Waals surface area contributed by atoms with Crippen LogP contribution in [-0.2, 0) is 11.2 Å². The summed E-state index contributed by atoms with van der Waals surface area (Å²) in [5.74, 6) is 0. The van der Waals surface area contributed by atoms with Crippen molar-refractivity contribution in [2.24, 2.45) is 0 Å². The van der Waals surface area contributed by atoms with Crippen molar-refractivity contribution >= 4 is 34.8 Å². The van der Waals surface area contributed by atoms with E-state index in [1.54, 1.807) is 0 Å². The van der Waals surface area contributed by atoms with Crippen molar-refractivity contribution in [3.63, 3.8) is 0 Å². The van der Waals surface area contributed by atoms with Crippen LogP contribution >= 0.6 is 28.6 Å². The summed E-state index contributed by atoms with van der Waals surface area (Å²) in [6.45, 7) is 1.98. The zero-order chi connectivity index (χ0) is 9.14. The Balaban J connectivity index is 3.16.